The van der Waals surface area contributed by atoms with E-state index in [1.54, 1.807) is 29.7 Å². The van der Waals surface area contributed by atoms with Gasteiger partial charge in [-0.25, -0.2) is 10.3 Å². The number of aryl methyl sites for hydroxylation is 1. The summed E-state index contributed by atoms with van der Waals surface area (Å²) in [5.74, 6) is -0.235. The van der Waals surface area contributed by atoms with Crippen molar-refractivity contribution in [3.05, 3.63) is 84.1 Å². The van der Waals surface area contributed by atoms with Gasteiger partial charge in [0.05, 0.1) is 5.52 Å². The van der Waals surface area contributed by atoms with Gasteiger partial charge in [-0.15, -0.1) is 0 Å². The van der Waals surface area contributed by atoms with Crippen molar-refractivity contribution in [1.29, 1.82) is 0 Å². The predicted molar refractivity (Wildman–Crippen MR) is 149 cm³/mol. The first-order chi connectivity index (χ1) is 19.4. The van der Waals surface area contributed by atoms with Gasteiger partial charge >= 0.3 is 6.09 Å². The Morgan fingerprint density at radius 2 is 1.82 bits per heavy atom. The maximum absolute atomic E-state index is 12.9. The molecule has 1 fully saturated rings. The summed E-state index contributed by atoms with van der Waals surface area (Å²) in [5, 5.41) is 13.0. The first kappa shape index (κ1) is 28.6. The molecule has 0 spiro atoms. The van der Waals surface area contributed by atoms with E-state index in [0.29, 0.717) is 43.6 Å². The van der Waals surface area contributed by atoms with Crippen LogP contribution in [0.3, 0.4) is 0 Å². The average Bonchev–Trinajstić information content (AvgIpc) is 2.97. The lowest BCUT2D eigenvalue weighted by Crippen LogP contribution is -2.49. The molecule has 0 bridgehead atoms. The number of para-hydroxylation sites is 1. The lowest BCUT2D eigenvalue weighted by Gasteiger charge is -2.36. The van der Waals surface area contributed by atoms with Crippen molar-refractivity contribution in [2.24, 2.45) is 0 Å². The zero-order valence-electron chi connectivity index (χ0n) is 22.5. The van der Waals surface area contributed by atoms with Gasteiger partial charge in [0.1, 0.15) is 25.5 Å². The van der Waals surface area contributed by atoms with Crippen LogP contribution in [0.15, 0.2) is 67.3 Å². The summed E-state index contributed by atoms with van der Waals surface area (Å²) < 4.78 is 11.1. The van der Waals surface area contributed by atoms with Crippen LogP contribution in [0.1, 0.15) is 47.3 Å². The quantitative estimate of drug-likeness (QED) is 0.196. The Kier molecular flexibility index (Phi) is 9.69. The van der Waals surface area contributed by atoms with Crippen molar-refractivity contribution >= 4 is 28.8 Å². The van der Waals surface area contributed by atoms with Crippen LogP contribution in [0.4, 0.5) is 4.79 Å². The number of benzene rings is 2. The highest BCUT2D eigenvalue weighted by molar-refractivity contribution is 5.94. The van der Waals surface area contributed by atoms with Crippen molar-refractivity contribution < 1.29 is 29.1 Å². The first-order valence-corrected chi connectivity index (χ1v) is 13.2. The number of aromatic nitrogens is 1. The summed E-state index contributed by atoms with van der Waals surface area (Å²) in [6.45, 7) is 5.56. The molecular weight excluding hydrogens is 512 g/mol. The largest absolute Gasteiger partial charge is 0.489 e. The number of pyridine rings is 1. The van der Waals surface area contributed by atoms with Gasteiger partial charge in [0.25, 0.3) is 11.8 Å². The lowest BCUT2D eigenvalue weighted by molar-refractivity contribution is -0.130. The molecule has 1 aromatic heterocycles. The van der Waals surface area contributed by atoms with Crippen LogP contribution in [-0.4, -0.2) is 58.2 Å². The minimum Gasteiger partial charge on any atom is -0.489 e. The van der Waals surface area contributed by atoms with Crippen LogP contribution in [0, 0.1) is 6.92 Å². The summed E-state index contributed by atoms with van der Waals surface area (Å²) in [4.78, 5) is 42.9. The monoisotopic (exact) mass is 546 g/mol. The smallest absolute Gasteiger partial charge is 0.410 e. The molecule has 1 aliphatic carbocycles. The Labute approximate surface area is 232 Å². The van der Waals surface area contributed by atoms with E-state index in [-0.39, 0.29) is 31.1 Å². The van der Waals surface area contributed by atoms with Crippen molar-refractivity contribution in [2.75, 3.05) is 13.2 Å². The number of hydrogen-bond acceptors (Lipinski definition) is 7. The molecule has 0 aliphatic heterocycles. The third kappa shape index (κ3) is 7.35. The number of carbonyl (C=O) groups excluding carboxylic acids is 3. The number of nitrogens with zero attached hydrogens (tertiary/aromatic N) is 2. The Bertz CT molecular complexity index is 1350. The summed E-state index contributed by atoms with van der Waals surface area (Å²) in [7, 11) is 0. The number of hydrogen-bond donors (Lipinski definition) is 3. The number of hydroxylamine groups is 1. The minimum atomic E-state index is -0.706. The van der Waals surface area contributed by atoms with E-state index in [4.69, 9.17) is 14.7 Å². The molecule has 1 heterocycles. The average molecular weight is 547 g/mol. The van der Waals surface area contributed by atoms with Crippen molar-refractivity contribution in [3.63, 3.8) is 0 Å². The van der Waals surface area contributed by atoms with Crippen LogP contribution >= 0.6 is 0 Å². The molecule has 3 amide bonds. The third-order valence-electron chi connectivity index (χ3n) is 6.91. The van der Waals surface area contributed by atoms with Crippen molar-refractivity contribution in [1.82, 2.24) is 20.7 Å². The zero-order valence-corrected chi connectivity index (χ0v) is 22.5. The number of amides is 3. The summed E-state index contributed by atoms with van der Waals surface area (Å²) >= 11 is 0. The van der Waals surface area contributed by atoms with E-state index in [1.807, 2.05) is 37.3 Å². The number of carbonyl (C=O) groups is 3. The van der Waals surface area contributed by atoms with Crippen LogP contribution in [-0.2, 0) is 16.1 Å². The van der Waals surface area contributed by atoms with Gasteiger partial charge in [0.15, 0.2) is 0 Å². The molecule has 0 saturated heterocycles. The Hall–Kier alpha value is -4.44. The summed E-state index contributed by atoms with van der Waals surface area (Å²) in [6, 6.07) is 16.7. The van der Waals surface area contributed by atoms with Crippen LogP contribution in [0.2, 0.25) is 0 Å². The fraction of sp³-hybridized carbons (Fsp3) is 0.333. The molecule has 10 nitrogen and oxygen atoms in total. The van der Waals surface area contributed by atoms with Gasteiger partial charge in [-0.1, -0.05) is 30.9 Å². The first-order valence-electron chi connectivity index (χ1n) is 13.2. The van der Waals surface area contributed by atoms with E-state index in [9.17, 15) is 14.4 Å². The number of rotatable bonds is 10. The molecule has 10 heteroatoms. The van der Waals surface area contributed by atoms with Crippen LogP contribution in [0.5, 0.6) is 5.75 Å². The molecule has 3 N–H and O–H groups in total. The second-order valence-corrected chi connectivity index (χ2v) is 9.76. The standard InChI is InChI=1S/C30H34N4O6/c1-3-16-39-30(37)34(18-28(35)33-38)24-12-10-23(11-13-24)32-29(36)21-8-14-25(15-9-21)40-19-22-17-20(2)31-27-7-5-4-6-26(22)27/h3-9,14-15,17,23-24,38H,1,10-13,16,18-19H2,2H3,(H,32,36)(H,33,35). The van der Waals surface area contributed by atoms with Gasteiger partial charge in [-0.05, 0) is 69.0 Å². The molecular formula is C30H34N4O6. The summed E-state index contributed by atoms with van der Waals surface area (Å²) in [6.07, 6.45) is 3.19. The SMILES string of the molecule is C=CCOC(=O)N(CC(=O)NO)C1CCC(NC(=O)c2ccc(OCc3cc(C)nc4ccccc34)cc2)CC1. The molecule has 2 aromatic carbocycles. The fourth-order valence-electron chi connectivity index (χ4n) is 4.92. The maximum atomic E-state index is 12.9. The highest BCUT2D eigenvalue weighted by Crippen LogP contribution is 2.25. The van der Waals surface area contributed by atoms with Crippen molar-refractivity contribution in [3.8, 4) is 5.75 Å². The Balaban J connectivity index is 1.29. The van der Waals surface area contributed by atoms with Gasteiger partial charge in [0.2, 0.25) is 0 Å². The summed E-state index contributed by atoms with van der Waals surface area (Å²) in [5.41, 5.74) is 4.97. The number of ether oxygens (including phenoxy) is 2. The second-order valence-electron chi connectivity index (χ2n) is 9.76. The van der Waals surface area contributed by atoms with Gasteiger partial charge in [-0.2, -0.15) is 0 Å². The molecule has 0 unspecified atom stereocenters. The molecule has 1 aliphatic rings. The topological polar surface area (TPSA) is 130 Å². The molecule has 1 saturated carbocycles. The van der Waals surface area contributed by atoms with Crippen LogP contribution < -0.4 is 15.5 Å². The Morgan fingerprint density at radius 1 is 1.10 bits per heavy atom. The van der Waals surface area contributed by atoms with E-state index in [2.05, 4.69) is 16.9 Å². The Morgan fingerprint density at radius 3 is 2.52 bits per heavy atom. The predicted octanol–water partition coefficient (Wildman–Crippen LogP) is 4.29. The zero-order chi connectivity index (χ0) is 28.5. The number of nitrogens with one attached hydrogen (secondary N) is 2. The van der Waals surface area contributed by atoms with Gasteiger partial charge in [-0.3, -0.25) is 24.7 Å². The highest BCUT2D eigenvalue weighted by atomic mass is 16.6. The molecule has 210 valence electrons. The maximum Gasteiger partial charge on any atom is 0.410 e. The number of fused-ring (bicyclic) bond motifs is 1. The van der Waals surface area contributed by atoms with E-state index >= 15 is 0 Å². The molecule has 4 rings (SSSR count). The fourth-order valence-corrected chi connectivity index (χ4v) is 4.92. The van der Waals surface area contributed by atoms with E-state index < -0.39 is 12.0 Å². The van der Waals surface area contributed by atoms with E-state index in [0.717, 1.165) is 22.2 Å². The van der Waals surface area contributed by atoms with Gasteiger partial charge in [0, 0.05) is 34.3 Å². The molecule has 40 heavy (non-hydrogen) atoms. The highest BCUT2D eigenvalue weighted by Gasteiger charge is 2.31. The van der Waals surface area contributed by atoms with E-state index in [1.165, 1.54) is 11.0 Å². The minimum absolute atomic E-state index is 0.0195. The van der Waals surface area contributed by atoms with Crippen molar-refractivity contribution in [2.45, 2.75) is 51.3 Å². The molecule has 3 aromatic rings. The lowest BCUT2D eigenvalue weighted by atomic mass is 9.90. The van der Waals surface area contributed by atoms with Crippen LogP contribution in [0.25, 0.3) is 10.9 Å². The normalized spacial score (nSPS) is 16.6. The molecule has 0 radical (unpaired) electrons. The molecule has 0 atom stereocenters. The van der Waals surface area contributed by atoms with Gasteiger partial charge < -0.3 is 14.8 Å². The third-order valence-corrected chi connectivity index (χ3v) is 6.91. The second kappa shape index (κ2) is 13.6.